The van der Waals surface area contributed by atoms with E-state index in [-0.39, 0.29) is 11.7 Å². The zero-order chi connectivity index (χ0) is 15.9. The number of aryl methyl sites for hydroxylation is 1. The van der Waals surface area contributed by atoms with E-state index in [4.69, 9.17) is 0 Å². The van der Waals surface area contributed by atoms with Gasteiger partial charge in [0.1, 0.15) is 11.8 Å². The number of aliphatic imine (C=N–C) groups is 1. The zero-order valence-electron chi connectivity index (χ0n) is 12.9. The first-order valence-electron chi connectivity index (χ1n) is 7.23. The van der Waals surface area contributed by atoms with Crippen molar-refractivity contribution in [1.29, 1.82) is 0 Å². The second-order valence-electron chi connectivity index (χ2n) is 5.62. The molecule has 2 aromatic rings. The Balaban J connectivity index is 2.25. The third-order valence-electron chi connectivity index (χ3n) is 3.92. The molecule has 0 aromatic heterocycles. The van der Waals surface area contributed by atoms with Crippen LogP contribution in [-0.4, -0.2) is 29.8 Å². The Labute approximate surface area is 129 Å². The Morgan fingerprint density at radius 1 is 1.14 bits per heavy atom. The predicted octanol–water partition coefficient (Wildman–Crippen LogP) is 2.90. The van der Waals surface area contributed by atoms with Crippen LogP contribution in [0.5, 0.6) is 5.75 Å². The number of aromatic hydroxyl groups is 1. The highest BCUT2D eigenvalue weighted by Gasteiger charge is 2.27. The molecule has 2 aromatic carbocycles. The van der Waals surface area contributed by atoms with Crippen molar-refractivity contribution >= 4 is 17.3 Å². The van der Waals surface area contributed by atoms with E-state index in [1.54, 1.807) is 31.0 Å². The van der Waals surface area contributed by atoms with Gasteiger partial charge < -0.3 is 10.0 Å². The normalized spacial score (nSPS) is 17.8. The maximum atomic E-state index is 12.4. The third-order valence-corrected chi connectivity index (χ3v) is 3.92. The van der Waals surface area contributed by atoms with Crippen molar-refractivity contribution in [3.63, 3.8) is 0 Å². The molecule has 0 fully saturated rings. The largest absolute Gasteiger partial charge is 0.508 e. The van der Waals surface area contributed by atoms with Gasteiger partial charge in [-0.1, -0.05) is 11.6 Å². The van der Waals surface area contributed by atoms with Gasteiger partial charge in [0.25, 0.3) is 5.91 Å². The van der Waals surface area contributed by atoms with Crippen LogP contribution < -0.4 is 4.90 Å². The summed E-state index contributed by atoms with van der Waals surface area (Å²) in [5.41, 5.74) is 4.57. The highest BCUT2D eigenvalue weighted by atomic mass is 16.3. The number of fused-ring (bicyclic) bond motifs is 1. The van der Waals surface area contributed by atoms with Crippen LogP contribution in [0.1, 0.15) is 23.6 Å². The first-order valence-corrected chi connectivity index (χ1v) is 7.23. The number of amides is 1. The number of phenolic OH excluding ortho intramolecular Hbond substituents is 1. The zero-order valence-corrected chi connectivity index (χ0v) is 12.9. The number of likely N-dealkylation sites (N-methyl/N-ethyl adjacent to an activating group) is 1. The molecule has 0 radical (unpaired) electrons. The van der Waals surface area contributed by atoms with Crippen molar-refractivity contribution in [2.45, 2.75) is 19.9 Å². The Morgan fingerprint density at radius 3 is 2.50 bits per heavy atom. The Kier molecular flexibility index (Phi) is 3.45. The molecule has 3 rings (SSSR count). The van der Waals surface area contributed by atoms with Crippen LogP contribution >= 0.6 is 0 Å². The summed E-state index contributed by atoms with van der Waals surface area (Å²) in [4.78, 5) is 18.7. The van der Waals surface area contributed by atoms with Crippen molar-refractivity contribution in [3.05, 3.63) is 59.2 Å². The van der Waals surface area contributed by atoms with Gasteiger partial charge in [-0.05, 0) is 50.2 Å². The molecule has 1 aliphatic heterocycles. The standard InChI is InChI=1S/C18H18N2O2/c1-11-4-9-16-15(10-11)17(13-5-7-14(21)8-6-13)19-12(2)18(22)20(16)3/h4-10,12,21H,1-3H3. The van der Waals surface area contributed by atoms with Crippen LogP contribution in [0.4, 0.5) is 5.69 Å². The van der Waals surface area contributed by atoms with E-state index in [1.165, 1.54) is 0 Å². The lowest BCUT2D eigenvalue weighted by molar-refractivity contribution is -0.119. The molecule has 1 heterocycles. The fraction of sp³-hybridized carbons (Fsp3) is 0.222. The summed E-state index contributed by atoms with van der Waals surface area (Å²) in [6, 6.07) is 12.5. The molecule has 1 unspecified atom stereocenters. The van der Waals surface area contributed by atoms with Crippen LogP contribution in [0.15, 0.2) is 47.5 Å². The molecule has 1 aliphatic rings. The van der Waals surface area contributed by atoms with Gasteiger partial charge >= 0.3 is 0 Å². The highest BCUT2D eigenvalue weighted by molar-refractivity contribution is 6.20. The van der Waals surface area contributed by atoms with E-state index in [1.807, 2.05) is 37.3 Å². The molecule has 1 N–H and O–H groups in total. The van der Waals surface area contributed by atoms with Gasteiger partial charge in [-0.2, -0.15) is 0 Å². The van der Waals surface area contributed by atoms with Gasteiger partial charge in [-0.3, -0.25) is 9.79 Å². The summed E-state index contributed by atoms with van der Waals surface area (Å²) in [6.45, 7) is 3.82. The van der Waals surface area contributed by atoms with Crippen molar-refractivity contribution in [1.82, 2.24) is 0 Å². The highest BCUT2D eigenvalue weighted by Crippen LogP contribution is 2.29. The quantitative estimate of drug-likeness (QED) is 0.879. The molecule has 0 aliphatic carbocycles. The van der Waals surface area contributed by atoms with Crippen molar-refractivity contribution in [2.75, 3.05) is 11.9 Å². The predicted molar refractivity (Wildman–Crippen MR) is 87.8 cm³/mol. The van der Waals surface area contributed by atoms with Crippen LogP contribution in [0.3, 0.4) is 0 Å². The lowest BCUT2D eigenvalue weighted by Gasteiger charge is -2.19. The molecule has 4 heteroatoms. The molecule has 0 bridgehead atoms. The van der Waals surface area contributed by atoms with Gasteiger partial charge in [-0.15, -0.1) is 0 Å². The Hall–Kier alpha value is -2.62. The topological polar surface area (TPSA) is 52.9 Å². The van der Waals surface area contributed by atoms with Gasteiger partial charge in [-0.25, -0.2) is 0 Å². The maximum absolute atomic E-state index is 12.4. The smallest absolute Gasteiger partial charge is 0.251 e. The van der Waals surface area contributed by atoms with E-state index in [0.717, 1.165) is 28.1 Å². The summed E-state index contributed by atoms with van der Waals surface area (Å²) in [6.07, 6.45) is 0. The number of phenols is 1. The SMILES string of the molecule is Cc1ccc2c(c1)C(c1ccc(O)cc1)=NC(C)C(=O)N2C. The molecule has 1 amide bonds. The number of nitrogens with zero attached hydrogens (tertiary/aromatic N) is 2. The third kappa shape index (κ3) is 2.37. The van der Waals surface area contributed by atoms with Crippen LogP contribution in [0.25, 0.3) is 0 Å². The molecule has 112 valence electrons. The average Bonchev–Trinajstić information content (AvgIpc) is 2.59. The summed E-state index contributed by atoms with van der Waals surface area (Å²) in [5.74, 6) is 0.183. The molecule has 0 saturated heterocycles. The van der Waals surface area contributed by atoms with Gasteiger partial charge in [0, 0.05) is 18.2 Å². The fourth-order valence-electron chi connectivity index (χ4n) is 2.70. The molecule has 1 atom stereocenters. The molecular weight excluding hydrogens is 276 g/mol. The molecule has 0 spiro atoms. The van der Waals surface area contributed by atoms with E-state index >= 15 is 0 Å². The van der Waals surface area contributed by atoms with E-state index in [9.17, 15) is 9.90 Å². The van der Waals surface area contributed by atoms with Crippen LogP contribution in [-0.2, 0) is 4.79 Å². The number of benzene rings is 2. The van der Waals surface area contributed by atoms with Gasteiger partial charge in [0.15, 0.2) is 0 Å². The number of carbonyl (C=O) groups excluding carboxylic acids is 1. The number of benzodiazepines with no additional fused rings is 1. The lowest BCUT2D eigenvalue weighted by atomic mass is 9.98. The molecule has 4 nitrogen and oxygen atoms in total. The summed E-state index contributed by atoms with van der Waals surface area (Å²) < 4.78 is 0. The molecular formula is C18H18N2O2. The average molecular weight is 294 g/mol. The van der Waals surface area contributed by atoms with Crippen molar-refractivity contribution < 1.29 is 9.90 Å². The molecule has 0 saturated carbocycles. The van der Waals surface area contributed by atoms with Gasteiger partial charge in [0.05, 0.1) is 11.4 Å². The maximum Gasteiger partial charge on any atom is 0.251 e. The number of anilines is 1. The number of hydrogen-bond acceptors (Lipinski definition) is 3. The second kappa shape index (κ2) is 5.30. The summed E-state index contributed by atoms with van der Waals surface area (Å²) >= 11 is 0. The first kappa shape index (κ1) is 14.3. The lowest BCUT2D eigenvalue weighted by Crippen LogP contribution is -2.32. The van der Waals surface area contributed by atoms with E-state index in [0.29, 0.717) is 0 Å². The monoisotopic (exact) mass is 294 g/mol. The van der Waals surface area contributed by atoms with Crippen LogP contribution in [0.2, 0.25) is 0 Å². The Morgan fingerprint density at radius 2 is 1.82 bits per heavy atom. The Bertz CT molecular complexity index is 763. The van der Waals surface area contributed by atoms with Gasteiger partial charge in [0.2, 0.25) is 0 Å². The second-order valence-corrected chi connectivity index (χ2v) is 5.62. The molecule has 22 heavy (non-hydrogen) atoms. The summed E-state index contributed by atoms with van der Waals surface area (Å²) in [7, 11) is 1.78. The fourth-order valence-corrected chi connectivity index (χ4v) is 2.70. The minimum Gasteiger partial charge on any atom is -0.508 e. The first-order chi connectivity index (χ1) is 10.5. The number of rotatable bonds is 1. The minimum atomic E-state index is -0.443. The van der Waals surface area contributed by atoms with E-state index in [2.05, 4.69) is 4.99 Å². The van der Waals surface area contributed by atoms with E-state index < -0.39 is 6.04 Å². The summed E-state index contributed by atoms with van der Waals surface area (Å²) in [5, 5.41) is 9.48. The number of carbonyl (C=O) groups is 1. The number of hydrogen-bond donors (Lipinski definition) is 1. The van der Waals surface area contributed by atoms with Crippen LogP contribution in [0, 0.1) is 6.92 Å². The van der Waals surface area contributed by atoms with Crippen molar-refractivity contribution in [2.24, 2.45) is 4.99 Å². The minimum absolute atomic E-state index is 0.0288. The van der Waals surface area contributed by atoms with Crippen molar-refractivity contribution in [3.8, 4) is 5.75 Å².